The van der Waals surface area contributed by atoms with Crippen LogP contribution in [0.25, 0.3) is 0 Å². The van der Waals surface area contributed by atoms with Crippen LogP contribution < -0.4 is 5.32 Å². The first-order valence-corrected chi connectivity index (χ1v) is 10.8. The number of nitrogens with zero attached hydrogens (tertiary/aromatic N) is 1. The van der Waals surface area contributed by atoms with Crippen molar-refractivity contribution in [1.29, 1.82) is 0 Å². The third-order valence-corrected chi connectivity index (χ3v) is 6.04. The van der Waals surface area contributed by atoms with Crippen molar-refractivity contribution in [3.05, 3.63) is 71.8 Å². The maximum Gasteiger partial charge on any atom is 0.293 e. The van der Waals surface area contributed by atoms with Crippen LogP contribution in [-0.2, 0) is 16.1 Å². The fraction of sp³-hybridized carbons (Fsp3) is 0.480. The van der Waals surface area contributed by atoms with Gasteiger partial charge in [0.15, 0.2) is 0 Å². The molecule has 1 aliphatic heterocycles. The highest BCUT2D eigenvalue weighted by molar-refractivity contribution is 5.37. The summed E-state index contributed by atoms with van der Waals surface area (Å²) in [6.45, 7) is 3.42. The van der Waals surface area contributed by atoms with Gasteiger partial charge in [0, 0.05) is 25.0 Å². The normalized spacial score (nSPS) is 22.5. The minimum atomic E-state index is -0.934. The monoisotopic (exact) mass is 412 g/mol. The van der Waals surface area contributed by atoms with E-state index in [0.717, 1.165) is 25.2 Å². The summed E-state index contributed by atoms with van der Waals surface area (Å²) in [6.07, 6.45) is 3.25. The molecule has 0 radical (unpaired) electrons. The number of ether oxygens (including phenoxy) is 1. The van der Waals surface area contributed by atoms with Crippen LogP contribution in [-0.4, -0.2) is 49.8 Å². The topological polar surface area (TPSA) is 41.6 Å². The van der Waals surface area contributed by atoms with Crippen LogP contribution in [0.15, 0.2) is 60.7 Å². The van der Waals surface area contributed by atoms with E-state index in [2.05, 4.69) is 52.3 Å². The molecule has 0 amide bonds. The molecular formula is C25H33FN2O2. The molecular weight excluding hydrogens is 379 g/mol. The first kappa shape index (κ1) is 22.4. The molecule has 5 heteroatoms. The van der Waals surface area contributed by atoms with Gasteiger partial charge in [0.2, 0.25) is 0 Å². The second-order valence-corrected chi connectivity index (χ2v) is 8.41. The zero-order chi connectivity index (χ0) is 21.2. The summed E-state index contributed by atoms with van der Waals surface area (Å²) in [5.74, 6) is 0.643. The van der Waals surface area contributed by atoms with E-state index in [9.17, 15) is 9.18 Å². The average molecular weight is 413 g/mol. The SMILES string of the molecule is CN1CCC(F)(CCNC2CC2c2ccccc2)CC1.O=COCc1ccccc1. The average Bonchev–Trinajstić information content (AvgIpc) is 3.56. The van der Waals surface area contributed by atoms with E-state index in [1.807, 2.05) is 30.3 Å². The summed E-state index contributed by atoms with van der Waals surface area (Å²) in [5.41, 5.74) is 1.49. The lowest BCUT2D eigenvalue weighted by Gasteiger charge is -2.34. The number of halogens is 1. The first-order chi connectivity index (χ1) is 14.6. The van der Waals surface area contributed by atoms with Crippen LogP contribution in [0, 0.1) is 0 Å². The maximum atomic E-state index is 14.6. The lowest BCUT2D eigenvalue weighted by molar-refractivity contribution is -0.129. The summed E-state index contributed by atoms with van der Waals surface area (Å²) in [5, 5.41) is 3.54. The highest BCUT2D eigenvalue weighted by Gasteiger charge is 2.39. The summed E-state index contributed by atoms with van der Waals surface area (Å²) in [6, 6.07) is 20.7. The van der Waals surface area contributed by atoms with Gasteiger partial charge in [-0.25, -0.2) is 4.39 Å². The minimum absolute atomic E-state index is 0.365. The summed E-state index contributed by atoms with van der Waals surface area (Å²) in [4.78, 5) is 12.0. The van der Waals surface area contributed by atoms with Crippen molar-refractivity contribution in [3.63, 3.8) is 0 Å². The third kappa shape index (κ3) is 7.22. The molecule has 4 nitrogen and oxygen atoms in total. The molecule has 2 atom stereocenters. The zero-order valence-electron chi connectivity index (χ0n) is 17.8. The smallest absolute Gasteiger partial charge is 0.293 e. The van der Waals surface area contributed by atoms with Gasteiger partial charge in [-0.2, -0.15) is 0 Å². The molecule has 1 heterocycles. The van der Waals surface area contributed by atoms with E-state index in [-0.39, 0.29) is 0 Å². The predicted molar refractivity (Wildman–Crippen MR) is 118 cm³/mol. The second-order valence-electron chi connectivity index (χ2n) is 8.41. The van der Waals surface area contributed by atoms with E-state index in [1.54, 1.807) is 0 Å². The molecule has 0 spiro atoms. The van der Waals surface area contributed by atoms with Crippen LogP contribution in [0.3, 0.4) is 0 Å². The molecule has 2 unspecified atom stereocenters. The van der Waals surface area contributed by atoms with Crippen molar-refractivity contribution in [2.24, 2.45) is 0 Å². The van der Waals surface area contributed by atoms with E-state index in [1.165, 1.54) is 12.0 Å². The van der Waals surface area contributed by atoms with E-state index in [4.69, 9.17) is 0 Å². The number of carbonyl (C=O) groups is 1. The van der Waals surface area contributed by atoms with Gasteiger partial charge in [0.25, 0.3) is 6.47 Å². The van der Waals surface area contributed by atoms with Gasteiger partial charge in [-0.1, -0.05) is 60.7 Å². The number of carbonyl (C=O) groups excluding carboxylic acids is 1. The van der Waals surface area contributed by atoms with Crippen LogP contribution in [0.5, 0.6) is 0 Å². The van der Waals surface area contributed by atoms with Crippen LogP contribution >= 0.6 is 0 Å². The third-order valence-electron chi connectivity index (χ3n) is 6.04. The number of piperidine rings is 1. The van der Waals surface area contributed by atoms with Gasteiger partial charge in [-0.3, -0.25) is 4.79 Å². The van der Waals surface area contributed by atoms with Crippen molar-refractivity contribution in [3.8, 4) is 0 Å². The Hall–Kier alpha value is -2.24. The van der Waals surface area contributed by atoms with Gasteiger partial charge in [-0.05, 0) is 50.4 Å². The molecule has 162 valence electrons. The molecule has 1 aliphatic carbocycles. The highest BCUT2D eigenvalue weighted by Crippen LogP contribution is 2.40. The minimum Gasteiger partial charge on any atom is -0.463 e. The molecule has 2 aromatic carbocycles. The van der Waals surface area contributed by atoms with Gasteiger partial charge in [0.1, 0.15) is 12.3 Å². The number of benzene rings is 2. The van der Waals surface area contributed by atoms with Crippen LogP contribution in [0.2, 0.25) is 0 Å². The molecule has 1 saturated carbocycles. The number of nitrogens with one attached hydrogen (secondary N) is 1. The Morgan fingerprint density at radius 3 is 2.37 bits per heavy atom. The Labute approximate surface area is 179 Å². The molecule has 0 bridgehead atoms. The van der Waals surface area contributed by atoms with Crippen molar-refractivity contribution >= 4 is 6.47 Å². The standard InChI is InChI=1S/C17H25FN2.C8H8O2/c1-20-11-8-17(18,9-12-20)7-10-19-16-13-15(16)14-5-3-2-4-6-14;9-7-10-6-8-4-2-1-3-5-8/h2-6,15-16,19H,7-13H2,1H3;1-5,7H,6H2. The number of hydrogen-bond donors (Lipinski definition) is 1. The number of rotatable bonds is 8. The Morgan fingerprint density at radius 2 is 1.73 bits per heavy atom. The number of alkyl halides is 1. The Kier molecular flexibility index (Phi) is 8.40. The van der Waals surface area contributed by atoms with Gasteiger partial charge < -0.3 is 15.0 Å². The summed E-state index contributed by atoms with van der Waals surface area (Å²) < 4.78 is 19.1. The fourth-order valence-electron chi connectivity index (χ4n) is 3.94. The van der Waals surface area contributed by atoms with Crippen molar-refractivity contribution < 1.29 is 13.9 Å². The molecule has 2 aromatic rings. The maximum absolute atomic E-state index is 14.6. The highest BCUT2D eigenvalue weighted by atomic mass is 19.1. The van der Waals surface area contributed by atoms with Gasteiger partial charge in [0.05, 0.1) is 0 Å². The molecule has 1 saturated heterocycles. The lowest BCUT2D eigenvalue weighted by Crippen LogP contribution is -2.41. The largest absolute Gasteiger partial charge is 0.463 e. The molecule has 1 N–H and O–H groups in total. The molecule has 2 fully saturated rings. The predicted octanol–water partition coefficient (Wildman–Crippen LogP) is 4.32. The second kappa shape index (κ2) is 11.2. The van der Waals surface area contributed by atoms with Crippen molar-refractivity contribution in [1.82, 2.24) is 10.2 Å². The Morgan fingerprint density at radius 1 is 1.10 bits per heavy atom. The molecule has 0 aromatic heterocycles. The quantitative estimate of drug-likeness (QED) is 0.656. The van der Waals surface area contributed by atoms with Crippen LogP contribution in [0.4, 0.5) is 4.39 Å². The lowest BCUT2D eigenvalue weighted by atomic mass is 9.90. The van der Waals surface area contributed by atoms with Crippen molar-refractivity contribution in [2.45, 2.75) is 49.9 Å². The molecule has 2 aliphatic rings. The van der Waals surface area contributed by atoms with E-state index in [0.29, 0.717) is 44.3 Å². The zero-order valence-corrected chi connectivity index (χ0v) is 17.8. The van der Waals surface area contributed by atoms with Gasteiger partial charge in [-0.15, -0.1) is 0 Å². The fourth-order valence-corrected chi connectivity index (χ4v) is 3.94. The number of hydrogen-bond acceptors (Lipinski definition) is 4. The Bertz CT molecular complexity index is 748. The van der Waals surface area contributed by atoms with E-state index < -0.39 is 5.67 Å². The molecule has 30 heavy (non-hydrogen) atoms. The Balaban J connectivity index is 0.000000216. The number of likely N-dealkylation sites (tertiary alicyclic amines) is 1. The summed E-state index contributed by atoms with van der Waals surface area (Å²) in [7, 11) is 2.08. The summed E-state index contributed by atoms with van der Waals surface area (Å²) >= 11 is 0. The molecule has 4 rings (SSSR count). The van der Waals surface area contributed by atoms with Crippen LogP contribution in [0.1, 0.15) is 42.7 Å². The first-order valence-electron chi connectivity index (χ1n) is 10.8. The van der Waals surface area contributed by atoms with E-state index >= 15 is 0 Å². The van der Waals surface area contributed by atoms with Gasteiger partial charge >= 0.3 is 0 Å². The van der Waals surface area contributed by atoms with Crippen molar-refractivity contribution in [2.75, 3.05) is 26.7 Å².